The zero-order valence-electron chi connectivity index (χ0n) is 11.2. The Morgan fingerprint density at radius 2 is 2.05 bits per heavy atom. The van der Waals surface area contributed by atoms with Gasteiger partial charge in [0, 0.05) is 26.1 Å². The van der Waals surface area contributed by atoms with Crippen LogP contribution in [0.2, 0.25) is 0 Å². The van der Waals surface area contributed by atoms with E-state index < -0.39 is 5.97 Å². The average molecular weight is 298 g/mol. The molecule has 0 aromatic carbocycles. The molecule has 1 fully saturated rings. The van der Waals surface area contributed by atoms with Gasteiger partial charge in [0.05, 0.1) is 5.75 Å². The van der Waals surface area contributed by atoms with E-state index in [0.717, 1.165) is 37.7 Å². The Morgan fingerprint density at radius 1 is 1.30 bits per heavy atom. The molecule has 1 amide bonds. The van der Waals surface area contributed by atoms with Crippen molar-refractivity contribution in [1.82, 2.24) is 19.7 Å². The summed E-state index contributed by atoms with van der Waals surface area (Å²) in [7, 11) is 0. The third-order valence-electron chi connectivity index (χ3n) is 3.18. The van der Waals surface area contributed by atoms with E-state index >= 15 is 0 Å². The number of carboxylic acids is 1. The summed E-state index contributed by atoms with van der Waals surface area (Å²) < 4.78 is 1.73. The highest BCUT2D eigenvalue weighted by molar-refractivity contribution is 7.99. The molecule has 1 aliphatic heterocycles. The smallest absolute Gasteiger partial charge is 0.313 e. The maximum Gasteiger partial charge on any atom is 0.313 e. The number of piperidine rings is 1. The summed E-state index contributed by atoms with van der Waals surface area (Å²) in [5, 5.41) is 16.8. The van der Waals surface area contributed by atoms with Gasteiger partial charge >= 0.3 is 5.97 Å². The molecule has 0 bridgehead atoms. The van der Waals surface area contributed by atoms with Crippen LogP contribution in [-0.2, 0) is 16.1 Å². The van der Waals surface area contributed by atoms with Crippen LogP contribution >= 0.6 is 11.8 Å². The molecule has 1 aliphatic rings. The van der Waals surface area contributed by atoms with Gasteiger partial charge in [-0.25, -0.2) is 0 Å². The second-order valence-electron chi connectivity index (χ2n) is 4.68. The standard InChI is InChI=1S/C12H18N4O3S/c17-10(15-5-2-1-3-6-15)4-7-16-9-13-14-12(16)20-8-11(18)19/h9H,1-8H2,(H,18,19). The molecule has 1 saturated heterocycles. The molecule has 1 aromatic heterocycles. The number of aromatic nitrogens is 3. The van der Waals surface area contributed by atoms with Gasteiger partial charge < -0.3 is 14.6 Å². The monoisotopic (exact) mass is 298 g/mol. The quantitative estimate of drug-likeness (QED) is 0.784. The Balaban J connectivity index is 1.82. The van der Waals surface area contributed by atoms with Gasteiger partial charge in [0.25, 0.3) is 0 Å². The van der Waals surface area contributed by atoms with Crippen LogP contribution in [0.1, 0.15) is 25.7 Å². The van der Waals surface area contributed by atoms with Gasteiger partial charge in [0.2, 0.25) is 5.91 Å². The molecule has 1 aromatic rings. The number of rotatable bonds is 6. The Bertz CT molecular complexity index is 471. The number of carboxylic acid groups (broad SMARTS) is 1. The first-order valence-electron chi connectivity index (χ1n) is 6.67. The lowest BCUT2D eigenvalue weighted by molar-refractivity contribution is -0.134. The molecule has 0 radical (unpaired) electrons. The highest BCUT2D eigenvalue weighted by Gasteiger charge is 2.17. The summed E-state index contributed by atoms with van der Waals surface area (Å²) in [5.74, 6) is -0.805. The van der Waals surface area contributed by atoms with E-state index in [9.17, 15) is 9.59 Å². The summed E-state index contributed by atoms with van der Waals surface area (Å²) >= 11 is 1.11. The first-order chi connectivity index (χ1) is 9.66. The molecule has 110 valence electrons. The number of aliphatic carboxylic acids is 1. The second-order valence-corrected chi connectivity index (χ2v) is 5.62. The zero-order chi connectivity index (χ0) is 14.4. The number of carbonyl (C=O) groups is 2. The fourth-order valence-electron chi connectivity index (χ4n) is 2.15. The van der Waals surface area contributed by atoms with E-state index in [1.165, 1.54) is 12.7 Å². The van der Waals surface area contributed by atoms with Gasteiger partial charge in [-0.05, 0) is 19.3 Å². The third-order valence-corrected chi connectivity index (χ3v) is 4.15. The van der Waals surface area contributed by atoms with Gasteiger partial charge in [-0.2, -0.15) is 0 Å². The van der Waals surface area contributed by atoms with Crippen LogP contribution in [0.25, 0.3) is 0 Å². The average Bonchev–Trinajstić information content (AvgIpc) is 2.91. The molecular weight excluding hydrogens is 280 g/mol. The molecule has 0 spiro atoms. The van der Waals surface area contributed by atoms with Crippen molar-refractivity contribution in [3.05, 3.63) is 6.33 Å². The van der Waals surface area contributed by atoms with Crippen LogP contribution in [0.5, 0.6) is 0 Å². The predicted octanol–water partition coefficient (Wildman–Crippen LogP) is 0.857. The molecule has 7 nitrogen and oxygen atoms in total. The SMILES string of the molecule is O=C(O)CSc1nncn1CCC(=O)N1CCCCC1. The minimum atomic E-state index is -0.894. The molecule has 0 atom stereocenters. The fourth-order valence-corrected chi connectivity index (χ4v) is 2.82. The Hall–Kier alpha value is -1.57. The number of likely N-dealkylation sites (tertiary alicyclic amines) is 1. The highest BCUT2D eigenvalue weighted by atomic mass is 32.2. The van der Waals surface area contributed by atoms with Crippen molar-refractivity contribution < 1.29 is 14.7 Å². The number of thioether (sulfide) groups is 1. The number of hydrogen-bond donors (Lipinski definition) is 1. The van der Waals surface area contributed by atoms with E-state index in [1.807, 2.05) is 4.90 Å². The molecule has 2 heterocycles. The lowest BCUT2D eigenvalue weighted by atomic mass is 10.1. The van der Waals surface area contributed by atoms with Crippen LogP contribution in [0.15, 0.2) is 11.5 Å². The fraction of sp³-hybridized carbons (Fsp3) is 0.667. The molecule has 0 unspecified atom stereocenters. The van der Waals surface area contributed by atoms with E-state index in [4.69, 9.17) is 5.11 Å². The molecule has 20 heavy (non-hydrogen) atoms. The Labute approximate surface area is 121 Å². The van der Waals surface area contributed by atoms with Crippen molar-refractivity contribution in [3.8, 4) is 0 Å². The molecule has 8 heteroatoms. The lowest BCUT2D eigenvalue weighted by Crippen LogP contribution is -2.36. The summed E-state index contributed by atoms with van der Waals surface area (Å²) in [6.45, 7) is 2.19. The molecular formula is C12H18N4O3S. The predicted molar refractivity (Wildman–Crippen MR) is 73.4 cm³/mol. The van der Waals surface area contributed by atoms with E-state index in [1.54, 1.807) is 4.57 Å². The van der Waals surface area contributed by atoms with Crippen molar-refractivity contribution in [1.29, 1.82) is 0 Å². The van der Waals surface area contributed by atoms with Gasteiger partial charge in [0.15, 0.2) is 5.16 Å². The van der Waals surface area contributed by atoms with Crippen LogP contribution in [0.3, 0.4) is 0 Å². The van der Waals surface area contributed by atoms with Crippen molar-refractivity contribution in [2.45, 2.75) is 37.4 Å². The van der Waals surface area contributed by atoms with E-state index in [2.05, 4.69) is 10.2 Å². The van der Waals surface area contributed by atoms with Crippen LogP contribution < -0.4 is 0 Å². The maximum atomic E-state index is 12.0. The van der Waals surface area contributed by atoms with Crippen molar-refractivity contribution >= 4 is 23.6 Å². The van der Waals surface area contributed by atoms with Gasteiger partial charge in [-0.15, -0.1) is 10.2 Å². The summed E-state index contributed by atoms with van der Waals surface area (Å²) in [6.07, 6.45) is 5.30. The summed E-state index contributed by atoms with van der Waals surface area (Å²) in [4.78, 5) is 24.5. The van der Waals surface area contributed by atoms with Crippen LogP contribution in [0, 0.1) is 0 Å². The largest absolute Gasteiger partial charge is 0.481 e. The Kier molecular flexibility index (Phi) is 5.40. The number of carbonyl (C=O) groups excluding carboxylic acids is 1. The molecule has 0 saturated carbocycles. The maximum absolute atomic E-state index is 12.0. The Morgan fingerprint density at radius 3 is 2.75 bits per heavy atom. The molecule has 2 rings (SSSR count). The first-order valence-corrected chi connectivity index (χ1v) is 7.65. The second kappa shape index (κ2) is 7.28. The molecule has 1 N–H and O–H groups in total. The van der Waals surface area contributed by atoms with E-state index in [0.29, 0.717) is 18.1 Å². The van der Waals surface area contributed by atoms with Gasteiger partial charge in [0.1, 0.15) is 6.33 Å². The van der Waals surface area contributed by atoms with Gasteiger partial charge in [-0.1, -0.05) is 11.8 Å². The lowest BCUT2D eigenvalue weighted by Gasteiger charge is -2.26. The normalized spacial score (nSPS) is 15.3. The van der Waals surface area contributed by atoms with Crippen LogP contribution in [-0.4, -0.2) is 55.5 Å². The van der Waals surface area contributed by atoms with Crippen LogP contribution in [0.4, 0.5) is 0 Å². The van der Waals surface area contributed by atoms with Crippen molar-refractivity contribution in [2.75, 3.05) is 18.8 Å². The number of hydrogen-bond acceptors (Lipinski definition) is 5. The minimum Gasteiger partial charge on any atom is -0.481 e. The summed E-state index contributed by atoms with van der Waals surface area (Å²) in [6, 6.07) is 0. The topological polar surface area (TPSA) is 88.3 Å². The molecule has 0 aliphatic carbocycles. The minimum absolute atomic E-state index is 0.0568. The first kappa shape index (κ1) is 14.8. The number of amides is 1. The van der Waals surface area contributed by atoms with E-state index in [-0.39, 0.29) is 11.7 Å². The zero-order valence-corrected chi connectivity index (χ0v) is 12.0. The number of nitrogens with zero attached hydrogens (tertiary/aromatic N) is 4. The summed E-state index contributed by atoms with van der Waals surface area (Å²) in [5.41, 5.74) is 0. The van der Waals surface area contributed by atoms with Crippen molar-refractivity contribution in [3.63, 3.8) is 0 Å². The number of aryl methyl sites for hydroxylation is 1. The van der Waals surface area contributed by atoms with Crippen molar-refractivity contribution in [2.24, 2.45) is 0 Å². The van der Waals surface area contributed by atoms with Gasteiger partial charge in [-0.3, -0.25) is 9.59 Å². The highest BCUT2D eigenvalue weighted by Crippen LogP contribution is 2.15. The third kappa shape index (κ3) is 4.22.